The molecule has 4 amide bonds. The number of hydrogen-bond donors (Lipinski definition) is 3. The molecule has 1 heterocycles. The van der Waals surface area contributed by atoms with Crippen molar-refractivity contribution in [3.05, 3.63) is 48.0 Å². The van der Waals surface area contributed by atoms with Crippen molar-refractivity contribution in [2.24, 2.45) is 5.41 Å². The van der Waals surface area contributed by atoms with E-state index in [2.05, 4.69) is 15.4 Å². The number of carbonyl (C=O) groups excluding carboxylic acids is 4. The number of ketones is 1. The average Bonchev–Trinajstić information content (AvgIpc) is 3.08. The fraction of sp³-hybridized carbons (Fsp3) is 0.448. The Hall–Kier alpha value is -3.77. The molecule has 2 aromatic rings. The van der Waals surface area contributed by atoms with Gasteiger partial charge in [-0.2, -0.15) is 0 Å². The number of aryl methyl sites for hydroxylation is 1. The molecule has 1 aliphatic rings. The van der Waals surface area contributed by atoms with E-state index in [0.717, 1.165) is 18.4 Å². The topological polar surface area (TPSA) is 143 Å². The molecule has 11 nitrogen and oxygen atoms in total. The molecule has 222 valence electrons. The largest absolute Gasteiger partial charge is 0.455 e. The number of Topliss-reactive ketones (excluding diaryl/α,β-unsaturated/α-hetero) is 1. The van der Waals surface area contributed by atoms with Gasteiger partial charge in [0, 0.05) is 5.41 Å². The number of rotatable bonds is 12. The molecule has 2 atom stereocenters. The molecule has 41 heavy (non-hydrogen) atoms. The van der Waals surface area contributed by atoms with Gasteiger partial charge in [-0.05, 0) is 57.5 Å². The number of hydrogen-bond acceptors (Lipinski definition) is 7. The second-order valence-corrected chi connectivity index (χ2v) is 12.3. The molecule has 0 bridgehead atoms. The van der Waals surface area contributed by atoms with Crippen LogP contribution in [0.4, 0.5) is 16.2 Å². The number of nitrogens with zero attached hydrogens (tertiary/aromatic N) is 1. The molecule has 0 radical (unpaired) electrons. The quantitative estimate of drug-likeness (QED) is 0.183. The van der Waals surface area contributed by atoms with Crippen molar-refractivity contribution in [1.29, 1.82) is 0 Å². The minimum absolute atomic E-state index is 0.115. The Labute approximate surface area is 243 Å². The van der Waals surface area contributed by atoms with Crippen LogP contribution < -0.4 is 20.1 Å². The number of nitrogens with one attached hydrogen (secondary N) is 3. The van der Waals surface area contributed by atoms with Crippen LogP contribution in [-0.4, -0.2) is 50.9 Å². The Morgan fingerprint density at radius 3 is 2.32 bits per heavy atom. The maximum absolute atomic E-state index is 13.8. The number of carbonyl (C=O) groups is 4. The summed E-state index contributed by atoms with van der Waals surface area (Å²) in [6.07, 6.45) is 1.61. The van der Waals surface area contributed by atoms with E-state index < -0.39 is 51.9 Å². The van der Waals surface area contributed by atoms with E-state index in [1.807, 2.05) is 26.0 Å². The first kappa shape index (κ1) is 31.8. The van der Waals surface area contributed by atoms with Gasteiger partial charge in [0.25, 0.3) is 23.1 Å². The third-order valence-electron chi connectivity index (χ3n) is 6.26. The third-order valence-corrected chi connectivity index (χ3v) is 7.04. The van der Waals surface area contributed by atoms with Gasteiger partial charge in [-0.1, -0.05) is 51.8 Å². The highest BCUT2D eigenvalue weighted by molar-refractivity contribution is 7.81. The normalized spacial score (nSPS) is 16.1. The summed E-state index contributed by atoms with van der Waals surface area (Å²) in [6.45, 7) is 12.0. The highest BCUT2D eigenvalue weighted by Gasteiger charge is 2.53. The highest BCUT2D eigenvalue weighted by atomic mass is 32.2. The van der Waals surface area contributed by atoms with Crippen molar-refractivity contribution in [2.45, 2.75) is 72.9 Å². The molecule has 2 unspecified atom stereocenters. The number of urea groups is 1. The van der Waals surface area contributed by atoms with E-state index in [0.29, 0.717) is 22.9 Å². The zero-order valence-electron chi connectivity index (χ0n) is 24.5. The van der Waals surface area contributed by atoms with Crippen molar-refractivity contribution < 1.29 is 32.3 Å². The fourth-order valence-corrected chi connectivity index (χ4v) is 4.54. The lowest BCUT2D eigenvalue weighted by molar-refractivity contribution is -0.144. The Morgan fingerprint density at radius 2 is 1.76 bits per heavy atom. The summed E-state index contributed by atoms with van der Waals surface area (Å²) in [5, 5.41) is 5.19. The summed E-state index contributed by atoms with van der Waals surface area (Å²) in [4.78, 5) is 53.9. The molecular weight excluding hydrogens is 548 g/mol. The van der Waals surface area contributed by atoms with Gasteiger partial charge >= 0.3 is 6.03 Å². The second-order valence-electron chi connectivity index (χ2n) is 11.4. The van der Waals surface area contributed by atoms with Crippen LogP contribution in [0.1, 0.15) is 59.9 Å². The molecule has 1 fully saturated rings. The van der Waals surface area contributed by atoms with E-state index in [9.17, 15) is 23.4 Å². The van der Waals surface area contributed by atoms with E-state index in [4.69, 9.17) is 8.92 Å². The van der Waals surface area contributed by atoms with Gasteiger partial charge < -0.3 is 15.4 Å². The molecule has 0 aliphatic carbocycles. The van der Waals surface area contributed by atoms with Crippen LogP contribution in [0.3, 0.4) is 0 Å². The Bertz CT molecular complexity index is 1340. The fourth-order valence-electron chi connectivity index (χ4n) is 3.89. The number of unbranched alkanes of at least 4 members (excludes halogenated alkanes) is 1. The van der Waals surface area contributed by atoms with Gasteiger partial charge in [0.05, 0.1) is 18.0 Å². The van der Waals surface area contributed by atoms with Gasteiger partial charge in [-0.3, -0.25) is 23.3 Å². The highest BCUT2D eigenvalue weighted by Crippen LogP contribution is 2.34. The summed E-state index contributed by atoms with van der Waals surface area (Å²) < 4.78 is 26.4. The van der Waals surface area contributed by atoms with Crippen LogP contribution in [0, 0.1) is 12.3 Å². The van der Waals surface area contributed by atoms with Crippen molar-refractivity contribution >= 4 is 46.3 Å². The zero-order valence-corrected chi connectivity index (χ0v) is 25.3. The Balaban J connectivity index is 1.99. The van der Waals surface area contributed by atoms with Gasteiger partial charge in [0.1, 0.15) is 11.3 Å². The van der Waals surface area contributed by atoms with Crippen LogP contribution in [0.2, 0.25) is 0 Å². The molecule has 1 aliphatic heterocycles. The summed E-state index contributed by atoms with van der Waals surface area (Å²) in [7, 11) is 0. The molecule has 2 aromatic carbocycles. The van der Waals surface area contributed by atoms with E-state index in [1.165, 1.54) is 19.9 Å². The monoisotopic (exact) mass is 586 g/mol. The molecule has 3 rings (SSSR count). The summed E-state index contributed by atoms with van der Waals surface area (Å²) >= 11 is -1.85. The first-order valence-electron chi connectivity index (χ1n) is 13.4. The van der Waals surface area contributed by atoms with E-state index >= 15 is 0 Å². The lowest BCUT2D eigenvalue weighted by Gasteiger charge is -2.29. The molecule has 3 N–H and O–H groups in total. The number of imide groups is 1. The molecule has 12 heteroatoms. The van der Waals surface area contributed by atoms with Gasteiger partial charge in [-0.15, -0.1) is 0 Å². The maximum atomic E-state index is 13.8. The van der Waals surface area contributed by atoms with Crippen LogP contribution in [0.5, 0.6) is 11.5 Å². The molecule has 1 saturated heterocycles. The average molecular weight is 587 g/mol. The Kier molecular flexibility index (Phi) is 9.93. The van der Waals surface area contributed by atoms with Gasteiger partial charge in [0.15, 0.2) is 17.6 Å². The molecule has 0 aromatic heterocycles. The molecule has 0 spiro atoms. The Morgan fingerprint density at radius 1 is 1.10 bits per heavy atom. The van der Waals surface area contributed by atoms with Crippen molar-refractivity contribution in [1.82, 2.24) is 10.2 Å². The minimum Gasteiger partial charge on any atom is -0.455 e. The van der Waals surface area contributed by atoms with Crippen LogP contribution in [0.15, 0.2) is 42.5 Å². The molecule has 0 saturated carbocycles. The van der Waals surface area contributed by atoms with E-state index in [1.54, 1.807) is 45.0 Å². The predicted molar refractivity (Wildman–Crippen MR) is 157 cm³/mol. The SMILES string of the molecule is CCCCOS(=O)Nc1ccc(Oc2ccc(C)cc2)c(NC(=O)C(C(=O)C(C)(C)C)N2C(=O)NC(C)(C)C2=O)c1. The first-order valence-corrected chi connectivity index (χ1v) is 14.4. The van der Waals surface area contributed by atoms with Crippen LogP contribution >= 0.6 is 0 Å². The lowest BCUT2D eigenvalue weighted by atomic mass is 9.85. The first-order chi connectivity index (χ1) is 19.1. The van der Waals surface area contributed by atoms with Crippen molar-refractivity contribution in [2.75, 3.05) is 16.6 Å². The van der Waals surface area contributed by atoms with Crippen LogP contribution in [0.25, 0.3) is 0 Å². The smallest absolute Gasteiger partial charge is 0.326 e. The standard InChI is InChI=1S/C29H38N4O7S/c1-8-9-16-39-41(38)32-19-12-15-22(40-20-13-10-18(2)11-14-20)21(17-19)30-25(35)23(24(34)28(3,4)5)33-26(36)29(6,7)31-27(33)37/h10-15,17,23,32H,8-9,16H2,1-7H3,(H,30,35)(H,31,37). The van der Waals surface area contributed by atoms with Gasteiger partial charge in [-0.25, -0.2) is 13.9 Å². The number of benzene rings is 2. The van der Waals surface area contributed by atoms with Crippen molar-refractivity contribution in [3.8, 4) is 11.5 Å². The van der Waals surface area contributed by atoms with Gasteiger partial charge in [0.2, 0.25) is 0 Å². The maximum Gasteiger partial charge on any atom is 0.326 e. The minimum atomic E-state index is -1.85. The summed E-state index contributed by atoms with van der Waals surface area (Å²) in [6, 6.07) is 9.25. The zero-order chi connectivity index (χ0) is 30.5. The summed E-state index contributed by atoms with van der Waals surface area (Å²) in [5.41, 5.74) is -0.882. The third kappa shape index (κ3) is 7.92. The molecular formula is C29H38N4O7S. The van der Waals surface area contributed by atoms with Crippen molar-refractivity contribution in [3.63, 3.8) is 0 Å². The van der Waals surface area contributed by atoms with E-state index in [-0.39, 0.29) is 11.4 Å². The lowest BCUT2D eigenvalue weighted by Crippen LogP contribution is -2.55. The summed E-state index contributed by atoms with van der Waals surface area (Å²) in [5.74, 6) is -1.54. The predicted octanol–water partition coefficient (Wildman–Crippen LogP) is 4.85. The van der Waals surface area contributed by atoms with Crippen LogP contribution in [-0.2, 0) is 29.8 Å². The number of ether oxygens (including phenoxy) is 1. The number of anilines is 2. The second kappa shape index (κ2) is 12.8. The number of amides is 4.